The standard InChI is InChI=1S/C18H18N2O3S/c1-14-6-5-9-16(12-14)20(17-10-11-24(22,23)13-17)18(21)19-15-7-3-2-4-8-15/h2-12,17H,13H2,1H3,(H,19,21)/t17-/m1/s1. The smallest absolute Gasteiger partial charge is 0.308 e. The topological polar surface area (TPSA) is 66.5 Å². The van der Waals surface area contributed by atoms with E-state index in [-0.39, 0.29) is 11.8 Å². The number of hydrogen-bond acceptors (Lipinski definition) is 3. The van der Waals surface area contributed by atoms with Crippen LogP contribution in [0.2, 0.25) is 0 Å². The lowest BCUT2D eigenvalue weighted by molar-refractivity contribution is 0.256. The van der Waals surface area contributed by atoms with Crippen LogP contribution in [0, 0.1) is 6.92 Å². The number of sulfone groups is 1. The quantitative estimate of drug-likeness (QED) is 0.930. The number of nitrogens with zero attached hydrogens (tertiary/aromatic N) is 1. The number of hydrogen-bond donors (Lipinski definition) is 1. The summed E-state index contributed by atoms with van der Waals surface area (Å²) < 4.78 is 23.6. The third-order valence-electron chi connectivity index (χ3n) is 3.77. The molecule has 24 heavy (non-hydrogen) atoms. The Morgan fingerprint density at radius 2 is 1.88 bits per heavy atom. The van der Waals surface area contributed by atoms with Gasteiger partial charge in [-0.1, -0.05) is 30.3 Å². The summed E-state index contributed by atoms with van der Waals surface area (Å²) >= 11 is 0. The highest BCUT2D eigenvalue weighted by Gasteiger charge is 2.31. The molecule has 6 heteroatoms. The monoisotopic (exact) mass is 342 g/mol. The molecule has 0 aliphatic carbocycles. The van der Waals surface area contributed by atoms with Crippen molar-refractivity contribution in [3.63, 3.8) is 0 Å². The minimum Gasteiger partial charge on any atom is -0.308 e. The Labute approximate surface area is 141 Å². The van der Waals surface area contributed by atoms with Crippen molar-refractivity contribution in [3.05, 3.63) is 71.6 Å². The second-order valence-electron chi connectivity index (χ2n) is 5.73. The average molecular weight is 342 g/mol. The Hall–Kier alpha value is -2.60. The maximum atomic E-state index is 12.8. The van der Waals surface area contributed by atoms with E-state index in [0.29, 0.717) is 11.4 Å². The van der Waals surface area contributed by atoms with Crippen LogP contribution in [0.5, 0.6) is 0 Å². The van der Waals surface area contributed by atoms with Gasteiger partial charge in [-0.05, 0) is 42.8 Å². The number of benzene rings is 2. The van der Waals surface area contributed by atoms with Crippen LogP contribution in [-0.2, 0) is 9.84 Å². The molecule has 124 valence electrons. The van der Waals surface area contributed by atoms with E-state index < -0.39 is 15.9 Å². The number of amides is 2. The van der Waals surface area contributed by atoms with Crippen LogP contribution in [0.1, 0.15) is 5.56 Å². The van der Waals surface area contributed by atoms with Gasteiger partial charge >= 0.3 is 6.03 Å². The summed E-state index contributed by atoms with van der Waals surface area (Å²) in [5.74, 6) is -0.108. The second-order valence-corrected chi connectivity index (χ2v) is 7.66. The molecular weight excluding hydrogens is 324 g/mol. The predicted octanol–water partition coefficient (Wildman–Crippen LogP) is 3.34. The van der Waals surface area contributed by atoms with Crippen molar-refractivity contribution in [2.45, 2.75) is 13.0 Å². The van der Waals surface area contributed by atoms with Gasteiger partial charge in [0.1, 0.15) is 0 Å². The molecule has 0 bridgehead atoms. The highest BCUT2D eigenvalue weighted by Crippen LogP contribution is 2.24. The third kappa shape index (κ3) is 3.65. The lowest BCUT2D eigenvalue weighted by atomic mass is 10.2. The fourth-order valence-corrected chi connectivity index (χ4v) is 3.93. The first-order valence-corrected chi connectivity index (χ1v) is 9.29. The number of aryl methyl sites for hydroxylation is 1. The molecule has 2 amide bonds. The van der Waals surface area contributed by atoms with Crippen LogP contribution in [0.4, 0.5) is 16.2 Å². The predicted molar refractivity (Wildman–Crippen MR) is 95.8 cm³/mol. The summed E-state index contributed by atoms with van der Waals surface area (Å²) in [6, 6.07) is 15.6. The molecule has 0 aromatic heterocycles. The lowest BCUT2D eigenvalue weighted by Crippen LogP contribution is -2.43. The number of anilines is 2. The number of para-hydroxylation sites is 1. The van der Waals surface area contributed by atoms with E-state index in [0.717, 1.165) is 5.56 Å². The summed E-state index contributed by atoms with van der Waals surface area (Å²) in [5.41, 5.74) is 2.31. The molecule has 1 N–H and O–H groups in total. The zero-order valence-corrected chi connectivity index (χ0v) is 14.0. The summed E-state index contributed by atoms with van der Waals surface area (Å²) in [6.07, 6.45) is 1.56. The molecule has 0 radical (unpaired) electrons. The summed E-state index contributed by atoms with van der Waals surface area (Å²) in [5, 5.41) is 4.00. The van der Waals surface area contributed by atoms with Crippen molar-refractivity contribution in [2.24, 2.45) is 0 Å². The van der Waals surface area contributed by atoms with Crippen LogP contribution in [-0.4, -0.2) is 26.2 Å². The normalized spacial score (nSPS) is 18.3. The highest BCUT2D eigenvalue weighted by atomic mass is 32.2. The van der Waals surface area contributed by atoms with E-state index in [4.69, 9.17) is 0 Å². The first-order chi connectivity index (χ1) is 11.4. The molecule has 1 atom stereocenters. The number of nitrogens with one attached hydrogen (secondary N) is 1. The molecule has 2 aromatic rings. The van der Waals surface area contributed by atoms with Gasteiger partial charge in [0.25, 0.3) is 0 Å². The van der Waals surface area contributed by atoms with Gasteiger partial charge in [-0.15, -0.1) is 0 Å². The van der Waals surface area contributed by atoms with Gasteiger partial charge < -0.3 is 5.32 Å². The molecule has 1 heterocycles. The summed E-state index contributed by atoms with van der Waals surface area (Å²) in [4.78, 5) is 14.3. The van der Waals surface area contributed by atoms with Crippen LogP contribution >= 0.6 is 0 Å². The zero-order valence-electron chi connectivity index (χ0n) is 13.2. The largest absolute Gasteiger partial charge is 0.326 e. The van der Waals surface area contributed by atoms with E-state index in [1.54, 1.807) is 24.3 Å². The number of rotatable bonds is 3. The van der Waals surface area contributed by atoms with Crippen LogP contribution < -0.4 is 10.2 Å². The summed E-state index contributed by atoms with van der Waals surface area (Å²) in [7, 11) is -3.27. The van der Waals surface area contributed by atoms with Crippen molar-refractivity contribution in [1.29, 1.82) is 0 Å². The SMILES string of the molecule is Cc1cccc(N(C(=O)Nc2ccccc2)[C@@H]2C=CS(=O)(=O)C2)c1. The maximum absolute atomic E-state index is 12.8. The van der Waals surface area contributed by atoms with Gasteiger partial charge in [-0.25, -0.2) is 13.2 Å². The lowest BCUT2D eigenvalue weighted by Gasteiger charge is -2.28. The Balaban J connectivity index is 1.93. The highest BCUT2D eigenvalue weighted by molar-refractivity contribution is 7.94. The molecular formula is C18H18N2O3S. The second kappa shape index (κ2) is 6.49. The minimum absolute atomic E-state index is 0.108. The Morgan fingerprint density at radius 1 is 1.12 bits per heavy atom. The number of carbonyl (C=O) groups is 1. The van der Waals surface area contributed by atoms with Gasteiger partial charge in [-0.2, -0.15) is 0 Å². The summed E-state index contributed by atoms with van der Waals surface area (Å²) in [6.45, 7) is 1.93. The van der Waals surface area contributed by atoms with E-state index >= 15 is 0 Å². The van der Waals surface area contributed by atoms with Gasteiger partial charge in [0, 0.05) is 16.8 Å². The van der Waals surface area contributed by atoms with Gasteiger partial charge in [0.2, 0.25) is 0 Å². The van der Waals surface area contributed by atoms with Gasteiger partial charge in [0.05, 0.1) is 11.8 Å². The molecule has 0 fully saturated rings. The minimum atomic E-state index is -3.27. The fraction of sp³-hybridized carbons (Fsp3) is 0.167. The molecule has 5 nitrogen and oxygen atoms in total. The number of urea groups is 1. The first kappa shape index (κ1) is 16.3. The van der Waals surface area contributed by atoms with Gasteiger partial charge in [-0.3, -0.25) is 4.90 Å². The molecule has 0 spiro atoms. The van der Waals surface area contributed by atoms with E-state index in [9.17, 15) is 13.2 Å². The molecule has 0 saturated carbocycles. The van der Waals surface area contributed by atoms with Crippen molar-refractivity contribution in [1.82, 2.24) is 0 Å². The van der Waals surface area contributed by atoms with Crippen LogP contribution in [0.25, 0.3) is 0 Å². The number of carbonyl (C=O) groups excluding carboxylic acids is 1. The first-order valence-electron chi connectivity index (χ1n) is 7.57. The van der Waals surface area contributed by atoms with Crippen molar-refractivity contribution in [2.75, 3.05) is 16.0 Å². The Kier molecular flexibility index (Phi) is 4.40. The average Bonchev–Trinajstić information content (AvgIpc) is 2.88. The molecule has 3 rings (SSSR count). The fourth-order valence-electron chi connectivity index (χ4n) is 2.66. The Morgan fingerprint density at radius 3 is 2.50 bits per heavy atom. The van der Waals surface area contributed by atoms with Crippen molar-refractivity contribution < 1.29 is 13.2 Å². The van der Waals surface area contributed by atoms with Crippen molar-refractivity contribution in [3.8, 4) is 0 Å². The molecule has 0 saturated heterocycles. The zero-order chi connectivity index (χ0) is 17.2. The molecule has 1 aliphatic rings. The molecule has 1 aliphatic heterocycles. The van der Waals surface area contributed by atoms with Crippen molar-refractivity contribution >= 4 is 27.2 Å². The van der Waals surface area contributed by atoms with Gasteiger partial charge in [0.15, 0.2) is 9.84 Å². The Bertz CT molecular complexity index is 876. The van der Waals surface area contributed by atoms with E-state index in [1.165, 1.54) is 10.3 Å². The van der Waals surface area contributed by atoms with Crippen LogP contribution in [0.15, 0.2) is 66.1 Å². The molecule has 2 aromatic carbocycles. The van der Waals surface area contributed by atoms with Crippen LogP contribution in [0.3, 0.4) is 0 Å². The van der Waals surface area contributed by atoms with E-state index in [1.807, 2.05) is 43.3 Å². The maximum Gasteiger partial charge on any atom is 0.326 e. The van der Waals surface area contributed by atoms with E-state index in [2.05, 4.69) is 5.32 Å². The molecule has 0 unspecified atom stereocenters. The third-order valence-corrected chi connectivity index (χ3v) is 5.14.